The number of esters is 1. The number of carbonyl (C=O) groups excluding carboxylic acids is 1. The van der Waals surface area contributed by atoms with E-state index in [1.54, 1.807) is 36.6 Å². The van der Waals surface area contributed by atoms with Crippen LogP contribution in [0.2, 0.25) is 0 Å². The molecule has 2 aromatic heterocycles. The molecule has 0 saturated heterocycles. The third-order valence-electron chi connectivity index (χ3n) is 3.51. The van der Waals surface area contributed by atoms with Crippen molar-refractivity contribution in [3.63, 3.8) is 0 Å². The van der Waals surface area contributed by atoms with Crippen LogP contribution in [0.3, 0.4) is 0 Å². The predicted octanol–water partition coefficient (Wildman–Crippen LogP) is 2.89. The van der Waals surface area contributed by atoms with Gasteiger partial charge in [-0.1, -0.05) is 6.07 Å². The van der Waals surface area contributed by atoms with Crippen LogP contribution in [-0.4, -0.2) is 31.4 Å². The van der Waals surface area contributed by atoms with E-state index in [0.29, 0.717) is 11.4 Å². The van der Waals surface area contributed by atoms with E-state index in [1.165, 1.54) is 35.9 Å². The van der Waals surface area contributed by atoms with Gasteiger partial charge >= 0.3 is 5.97 Å². The Labute approximate surface area is 155 Å². The number of rotatable bonds is 5. The minimum atomic E-state index is -3.61. The zero-order chi connectivity index (χ0) is 18.7. The van der Waals surface area contributed by atoms with Gasteiger partial charge in [0.1, 0.15) is 9.96 Å². The highest BCUT2D eigenvalue weighted by molar-refractivity contribution is 7.94. The van der Waals surface area contributed by atoms with E-state index >= 15 is 0 Å². The fourth-order valence-electron chi connectivity index (χ4n) is 2.07. The third kappa shape index (κ3) is 3.73. The molecule has 134 valence electrons. The highest BCUT2D eigenvalue weighted by Gasteiger charge is 2.22. The molecule has 9 heteroatoms. The van der Waals surface area contributed by atoms with Gasteiger partial charge in [-0.05, 0) is 42.6 Å². The van der Waals surface area contributed by atoms with Gasteiger partial charge in [0, 0.05) is 13.2 Å². The minimum absolute atomic E-state index is 0.0945. The molecule has 2 heterocycles. The number of carbonyl (C=O) groups is 1. The molecular formula is C17H15N3O4S2. The number of hydrogen-bond acceptors (Lipinski definition) is 7. The van der Waals surface area contributed by atoms with E-state index in [1.807, 2.05) is 0 Å². The first kappa shape index (κ1) is 18.0. The van der Waals surface area contributed by atoms with Crippen LogP contribution in [0.4, 0.5) is 5.69 Å². The second-order valence-electron chi connectivity index (χ2n) is 5.33. The molecule has 0 bridgehead atoms. The highest BCUT2D eigenvalue weighted by atomic mass is 32.2. The molecule has 0 amide bonds. The Balaban J connectivity index is 1.74. The summed E-state index contributed by atoms with van der Waals surface area (Å²) in [4.78, 5) is 20.0. The van der Waals surface area contributed by atoms with Crippen molar-refractivity contribution >= 4 is 33.0 Å². The molecular weight excluding hydrogens is 374 g/mol. The Kier molecular flexibility index (Phi) is 5.01. The molecule has 1 aromatic carbocycles. The van der Waals surface area contributed by atoms with Crippen molar-refractivity contribution in [2.75, 3.05) is 11.4 Å². The summed E-state index contributed by atoms with van der Waals surface area (Å²) in [6.45, 7) is 1.77. The van der Waals surface area contributed by atoms with Crippen molar-refractivity contribution in [3.05, 3.63) is 65.6 Å². The summed E-state index contributed by atoms with van der Waals surface area (Å²) >= 11 is 1.15. The summed E-state index contributed by atoms with van der Waals surface area (Å²) in [6.07, 6.45) is 2.82. The highest BCUT2D eigenvalue weighted by Crippen LogP contribution is 2.26. The fourth-order valence-corrected chi connectivity index (χ4v) is 4.42. The average Bonchev–Trinajstić information content (AvgIpc) is 3.18. The third-order valence-corrected chi connectivity index (χ3v) is 6.67. The number of anilines is 1. The maximum absolute atomic E-state index is 12.5. The SMILES string of the molecule is Cc1cnc(C(=O)Oc2ccc(N(C)S(=O)(=O)c3cccs3)cc2)cn1. The quantitative estimate of drug-likeness (QED) is 0.492. The lowest BCUT2D eigenvalue weighted by Gasteiger charge is -2.18. The average molecular weight is 389 g/mol. The molecule has 0 atom stereocenters. The lowest BCUT2D eigenvalue weighted by molar-refractivity contribution is 0.0728. The van der Waals surface area contributed by atoms with Crippen molar-refractivity contribution in [1.29, 1.82) is 0 Å². The molecule has 0 aliphatic carbocycles. The number of nitrogens with zero attached hydrogens (tertiary/aromatic N) is 3. The molecule has 0 N–H and O–H groups in total. The summed E-state index contributed by atoms with van der Waals surface area (Å²) in [5, 5.41) is 1.71. The number of hydrogen-bond donors (Lipinski definition) is 0. The molecule has 7 nitrogen and oxygen atoms in total. The second kappa shape index (κ2) is 7.22. The molecule has 3 aromatic rings. The van der Waals surface area contributed by atoms with Crippen molar-refractivity contribution in [2.24, 2.45) is 0 Å². The fraction of sp³-hybridized carbons (Fsp3) is 0.118. The van der Waals surface area contributed by atoms with Crippen molar-refractivity contribution in [3.8, 4) is 5.75 Å². The van der Waals surface area contributed by atoms with Gasteiger partial charge in [-0.15, -0.1) is 11.3 Å². The lowest BCUT2D eigenvalue weighted by atomic mass is 10.3. The number of aryl methyl sites for hydroxylation is 1. The van der Waals surface area contributed by atoms with Crippen molar-refractivity contribution in [1.82, 2.24) is 9.97 Å². The molecule has 0 spiro atoms. The summed E-state index contributed by atoms with van der Waals surface area (Å²) in [5.41, 5.74) is 1.24. The van der Waals surface area contributed by atoms with Gasteiger partial charge in [0.25, 0.3) is 10.0 Å². The molecule has 3 rings (SSSR count). The molecule has 0 unspecified atom stereocenters. The Hall–Kier alpha value is -2.78. The lowest BCUT2D eigenvalue weighted by Crippen LogP contribution is -2.25. The Bertz CT molecular complexity index is 999. The van der Waals surface area contributed by atoms with Crippen LogP contribution in [0.1, 0.15) is 16.2 Å². The van der Waals surface area contributed by atoms with Crippen LogP contribution in [0.15, 0.2) is 58.4 Å². The van der Waals surface area contributed by atoms with Gasteiger partial charge < -0.3 is 4.74 Å². The Morgan fingerprint density at radius 2 is 1.85 bits per heavy atom. The number of thiophene rings is 1. The zero-order valence-electron chi connectivity index (χ0n) is 14.0. The van der Waals surface area contributed by atoms with Gasteiger partial charge in [-0.3, -0.25) is 9.29 Å². The van der Waals surface area contributed by atoms with E-state index < -0.39 is 16.0 Å². The maximum Gasteiger partial charge on any atom is 0.363 e. The monoisotopic (exact) mass is 389 g/mol. The summed E-state index contributed by atoms with van der Waals surface area (Å²) in [6, 6.07) is 9.41. The maximum atomic E-state index is 12.5. The van der Waals surface area contributed by atoms with Crippen LogP contribution >= 0.6 is 11.3 Å². The molecule has 0 fully saturated rings. The zero-order valence-corrected chi connectivity index (χ0v) is 15.6. The molecule has 0 saturated carbocycles. The number of sulfonamides is 1. The van der Waals surface area contributed by atoms with Crippen LogP contribution in [0.5, 0.6) is 5.75 Å². The number of ether oxygens (including phenoxy) is 1. The van der Waals surface area contributed by atoms with Crippen LogP contribution in [0.25, 0.3) is 0 Å². The molecule has 0 aliphatic heterocycles. The first-order valence-electron chi connectivity index (χ1n) is 7.51. The van der Waals surface area contributed by atoms with Gasteiger partial charge in [-0.25, -0.2) is 18.2 Å². The Morgan fingerprint density at radius 3 is 2.42 bits per heavy atom. The second-order valence-corrected chi connectivity index (χ2v) is 8.47. The summed E-state index contributed by atoms with van der Waals surface area (Å²) in [7, 11) is -2.14. The molecule has 0 aliphatic rings. The van der Waals surface area contributed by atoms with Crippen LogP contribution in [0, 0.1) is 6.92 Å². The van der Waals surface area contributed by atoms with E-state index in [2.05, 4.69) is 9.97 Å². The number of benzene rings is 1. The van der Waals surface area contributed by atoms with Crippen molar-refractivity contribution < 1.29 is 17.9 Å². The van der Waals surface area contributed by atoms with Gasteiger partial charge in [-0.2, -0.15) is 0 Å². The first-order valence-corrected chi connectivity index (χ1v) is 9.83. The van der Waals surface area contributed by atoms with E-state index in [4.69, 9.17) is 4.74 Å². The van der Waals surface area contributed by atoms with Gasteiger partial charge in [0.2, 0.25) is 0 Å². The van der Waals surface area contributed by atoms with Crippen molar-refractivity contribution in [2.45, 2.75) is 11.1 Å². The van der Waals surface area contributed by atoms with Gasteiger partial charge in [0.15, 0.2) is 5.69 Å². The number of aromatic nitrogens is 2. The normalized spacial score (nSPS) is 11.2. The smallest absolute Gasteiger partial charge is 0.363 e. The van der Waals surface area contributed by atoms with E-state index in [-0.39, 0.29) is 15.7 Å². The van der Waals surface area contributed by atoms with E-state index in [0.717, 1.165) is 11.3 Å². The minimum Gasteiger partial charge on any atom is -0.422 e. The topological polar surface area (TPSA) is 89.5 Å². The van der Waals surface area contributed by atoms with Crippen LogP contribution in [-0.2, 0) is 10.0 Å². The molecule has 0 radical (unpaired) electrons. The molecule has 26 heavy (non-hydrogen) atoms. The Morgan fingerprint density at radius 1 is 1.12 bits per heavy atom. The van der Waals surface area contributed by atoms with Gasteiger partial charge in [0.05, 0.1) is 17.6 Å². The predicted molar refractivity (Wildman–Crippen MR) is 98.1 cm³/mol. The largest absolute Gasteiger partial charge is 0.422 e. The first-order chi connectivity index (χ1) is 12.4. The van der Waals surface area contributed by atoms with E-state index in [9.17, 15) is 13.2 Å². The summed E-state index contributed by atoms with van der Waals surface area (Å²) in [5.74, 6) is -0.354. The summed E-state index contributed by atoms with van der Waals surface area (Å²) < 4.78 is 31.7. The van der Waals surface area contributed by atoms with Crippen LogP contribution < -0.4 is 9.04 Å². The standard InChI is InChI=1S/C17H15N3O4S2/c1-12-10-19-15(11-18-12)17(21)24-14-7-5-13(6-8-14)20(2)26(22,23)16-4-3-9-25-16/h3-11H,1-2H3.